The highest BCUT2D eigenvalue weighted by Crippen LogP contribution is 2.19. The average molecular weight is 268 g/mol. The first-order valence-electron chi connectivity index (χ1n) is 6.78. The summed E-state index contributed by atoms with van der Waals surface area (Å²) in [7, 11) is 0. The van der Waals surface area contributed by atoms with Gasteiger partial charge in [0.25, 0.3) is 0 Å². The highest BCUT2D eigenvalue weighted by Gasteiger charge is 2.11. The lowest BCUT2D eigenvalue weighted by Gasteiger charge is -2.10. The molecule has 0 saturated heterocycles. The van der Waals surface area contributed by atoms with Crippen molar-refractivity contribution >= 4 is 5.78 Å². The molecule has 0 aromatic heterocycles. The van der Waals surface area contributed by atoms with Crippen LogP contribution in [0.2, 0.25) is 0 Å². The summed E-state index contributed by atoms with van der Waals surface area (Å²) in [6.07, 6.45) is 0. The molecule has 0 spiro atoms. The lowest BCUT2D eigenvalue weighted by molar-refractivity contribution is 0.0920. The molecule has 2 aromatic carbocycles. The molecule has 0 atom stereocenters. The number of carbonyl (C=O) groups excluding carboxylic acids is 1. The molecule has 2 aromatic rings. The van der Waals surface area contributed by atoms with E-state index in [4.69, 9.17) is 4.74 Å². The Morgan fingerprint density at radius 1 is 0.900 bits per heavy atom. The number of hydrogen-bond acceptors (Lipinski definition) is 2. The molecule has 0 aliphatic heterocycles. The second kappa shape index (κ2) is 5.91. The summed E-state index contributed by atoms with van der Waals surface area (Å²) in [5, 5.41) is 0. The summed E-state index contributed by atoms with van der Waals surface area (Å²) in [5.74, 6) is 0.792. The molecular formula is C18H20O2. The summed E-state index contributed by atoms with van der Waals surface area (Å²) in [6.45, 7) is 8.04. The zero-order valence-electron chi connectivity index (χ0n) is 12.5. The molecular weight excluding hydrogens is 248 g/mol. The molecule has 0 heterocycles. The van der Waals surface area contributed by atoms with Crippen LogP contribution in [0, 0.1) is 27.7 Å². The van der Waals surface area contributed by atoms with E-state index < -0.39 is 0 Å². The average Bonchev–Trinajstić information content (AvgIpc) is 2.40. The number of benzene rings is 2. The molecule has 2 rings (SSSR count). The van der Waals surface area contributed by atoms with Gasteiger partial charge in [-0.25, -0.2) is 0 Å². The summed E-state index contributed by atoms with van der Waals surface area (Å²) < 4.78 is 5.65. The Kier molecular flexibility index (Phi) is 4.23. The molecule has 0 bridgehead atoms. The minimum Gasteiger partial charge on any atom is -0.485 e. The molecule has 104 valence electrons. The van der Waals surface area contributed by atoms with E-state index in [2.05, 4.69) is 6.07 Å². The van der Waals surface area contributed by atoms with E-state index in [1.165, 1.54) is 5.56 Å². The predicted octanol–water partition coefficient (Wildman–Crippen LogP) is 4.18. The molecule has 2 heteroatoms. The van der Waals surface area contributed by atoms with Crippen LogP contribution in [0.4, 0.5) is 0 Å². The third kappa shape index (κ3) is 3.27. The maximum atomic E-state index is 12.2. The Bertz CT molecular complexity index is 642. The number of aryl methyl sites for hydroxylation is 4. The molecule has 0 N–H and O–H groups in total. The first-order valence-corrected chi connectivity index (χ1v) is 6.78. The lowest BCUT2D eigenvalue weighted by Crippen LogP contribution is -2.13. The third-order valence-corrected chi connectivity index (χ3v) is 3.38. The number of hydrogen-bond donors (Lipinski definition) is 0. The summed E-state index contributed by atoms with van der Waals surface area (Å²) in [5.41, 5.74) is 5.07. The van der Waals surface area contributed by atoms with E-state index in [1.807, 2.05) is 58.0 Å². The molecule has 20 heavy (non-hydrogen) atoms. The minimum atomic E-state index is 0.0196. The molecule has 0 unspecified atom stereocenters. The van der Waals surface area contributed by atoms with Crippen LogP contribution in [0.25, 0.3) is 0 Å². The van der Waals surface area contributed by atoms with Gasteiger partial charge < -0.3 is 4.74 Å². The van der Waals surface area contributed by atoms with E-state index in [9.17, 15) is 4.79 Å². The van der Waals surface area contributed by atoms with Crippen molar-refractivity contribution in [1.29, 1.82) is 0 Å². The quantitative estimate of drug-likeness (QED) is 0.777. The highest BCUT2D eigenvalue weighted by atomic mass is 16.5. The van der Waals surface area contributed by atoms with Gasteiger partial charge in [-0.1, -0.05) is 35.4 Å². The standard InChI is InChI=1S/C18H20O2/c1-12-6-8-18(15(4)9-12)20-11-17(19)16-10-13(2)5-7-14(16)3/h5-10H,11H2,1-4H3. The van der Waals surface area contributed by atoms with Gasteiger partial charge in [0.15, 0.2) is 12.4 Å². The van der Waals surface area contributed by atoms with E-state index in [1.54, 1.807) is 0 Å². The molecule has 0 aliphatic carbocycles. The number of ketones is 1. The van der Waals surface area contributed by atoms with Crippen LogP contribution in [0.3, 0.4) is 0 Å². The van der Waals surface area contributed by atoms with E-state index in [0.717, 1.165) is 28.0 Å². The van der Waals surface area contributed by atoms with Gasteiger partial charge in [-0.15, -0.1) is 0 Å². The van der Waals surface area contributed by atoms with Crippen molar-refractivity contribution in [1.82, 2.24) is 0 Å². The van der Waals surface area contributed by atoms with Crippen molar-refractivity contribution in [3.8, 4) is 5.75 Å². The van der Waals surface area contributed by atoms with Gasteiger partial charge in [-0.2, -0.15) is 0 Å². The Balaban J connectivity index is 2.10. The van der Waals surface area contributed by atoms with Gasteiger partial charge in [0.2, 0.25) is 0 Å². The van der Waals surface area contributed by atoms with Crippen molar-refractivity contribution in [2.45, 2.75) is 27.7 Å². The van der Waals surface area contributed by atoms with E-state index >= 15 is 0 Å². The second-order valence-electron chi connectivity index (χ2n) is 5.30. The highest BCUT2D eigenvalue weighted by molar-refractivity contribution is 5.98. The normalized spacial score (nSPS) is 10.4. The number of ether oxygens (including phenoxy) is 1. The Morgan fingerprint density at radius 2 is 1.55 bits per heavy atom. The summed E-state index contributed by atoms with van der Waals surface area (Å²) in [6, 6.07) is 11.9. The molecule has 0 aliphatic rings. The largest absolute Gasteiger partial charge is 0.485 e. The van der Waals surface area contributed by atoms with Crippen LogP contribution in [0.1, 0.15) is 32.6 Å². The maximum absolute atomic E-state index is 12.2. The Labute approximate surface area is 120 Å². The molecule has 0 amide bonds. The maximum Gasteiger partial charge on any atom is 0.200 e. The Hall–Kier alpha value is -2.09. The Morgan fingerprint density at radius 3 is 2.25 bits per heavy atom. The zero-order valence-corrected chi connectivity index (χ0v) is 12.5. The smallest absolute Gasteiger partial charge is 0.200 e. The number of rotatable bonds is 4. The number of Topliss-reactive ketones (excluding diaryl/α,β-unsaturated/α-hetero) is 1. The van der Waals surface area contributed by atoms with Gasteiger partial charge in [-0.3, -0.25) is 4.79 Å². The molecule has 0 fully saturated rings. The van der Waals surface area contributed by atoms with Crippen molar-refractivity contribution in [2.75, 3.05) is 6.61 Å². The van der Waals surface area contributed by atoms with Crippen molar-refractivity contribution in [2.24, 2.45) is 0 Å². The lowest BCUT2D eigenvalue weighted by atomic mass is 10.0. The summed E-state index contributed by atoms with van der Waals surface area (Å²) >= 11 is 0. The van der Waals surface area contributed by atoms with Crippen molar-refractivity contribution in [3.05, 3.63) is 64.2 Å². The first-order chi connectivity index (χ1) is 9.47. The molecule has 0 saturated carbocycles. The van der Waals surface area contributed by atoms with Crippen LogP contribution in [0.15, 0.2) is 36.4 Å². The van der Waals surface area contributed by atoms with Crippen LogP contribution in [-0.2, 0) is 0 Å². The third-order valence-electron chi connectivity index (χ3n) is 3.38. The molecule has 0 radical (unpaired) electrons. The number of carbonyl (C=O) groups is 1. The fourth-order valence-corrected chi connectivity index (χ4v) is 2.22. The topological polar surface area (TPSA) is 26.3 Å². The van der Waals surface area contributed by atoms with Crippen LogP contribution in [-0.4, -0.2) is 12.4 Å². The zero-order chi connectivity index (χ0) is 14.7. The SMILES string of the molecule is Cc1ccc(OCC(=O)c2cc(C)ccc2C)c(C)c1. The van der Waals surface area contributed by atoms with Gasteiger partial charge >= 0.3 is 0 Å². The van der Waals surface area contributed by atoms with Gasteiger partial charge in [0, 0.05) is 5.56 Å². The van der Waals surface area contributed by atoms with Gasteiger partial charge in [0.05, 0.1) is 0 Å². The molecule has 2 nitrogen and oxygen atoms in total. The first kappa shape index (κ1) is 14.3. The monoisotopic (exact) mass is 268 g/mol. The van der Waals surface area contributed by atoms with Crippen molar-refractivity contribution in [3.63, 3.8) is 0 Å². The minimum absolute atomic E-state index is 0.0196. The van der Waals surface area contributed by atoms with Gasteiger partial charge in [-0.05, 0) is 51.0 Å². The van der Waals surface area contributed by atoms with Gasteiger partial charge in [0.1, 0.15) is 5.75 Å². The van der Waals surface area contributed by atoms with E-state index in [-0.39, 0.29) is 12.4 Å². The van der Waals surface area contributed by atoms with Crippen LogP contribution < -0.4 is 4.74 Å². The van der Waals surface area contributed by atoms with Crippen molar-refractivity contribution < 1.29 is 9.53 Å². The second-order valence-corrected chi connectivity index (χ2v) is 5.30. The van der Waals surface area contributed by atoms with Crippen LogP contribution >= 0.6 is 0 Å². The van der Waals surface area contributed by atoms with Crippen LogP contribution in [0.5, 0.6) is 5.75 Å². The summed E-state index contributed by atoms with van der Waals surface area (Å²) in [4.78, 5) is 12.2. The fraction of sp³-hybridized carbons (Fsp3) is 0.278. The predicted molar refractivity (Wildman–Crippen MR) is 81.7 cm³/mol. The fourth-order valence-electron chi connectivity index (χ4n) is 2.22. The van der Waals surface area contributed by atoms with E-state index in [0.29, 0.717) is 0 Å².